The minimum atomic E-state index is -0.00463. The molecule has 62 valence electrons. The summed E-state index contributed by atoms with van der Waals surface area (Å²) in [7, 11) is 0. The van der Waals surface area contributed by atoms with Crippen molar-refractivity contribution in [3.63, 3.8) is 0 Å². The van der Waals surface area contributed by atoms with Crippen molar-refractivity contribution < 1.29 is 9.59 Å². The minimum absolute atomic E-state index is 0.00463. The Bertz CT molecular complexity index is 159. The molecule has 1 aliphatic heterocycles. The van der Waals surface area contributed by atoms with E-state index in [1.54, 1.807) is 0 Å². The van der Waals surface area contributed by atoms with Gasteiger partial charge in [-0.25, -0.2) is 0 Å². The van der Waals surface area contributed by atoms with Crippen molar-refractivity contribution in [3.05, 3.63) is 0 Å². The number of hydrogen-bond acceptors (Lipinski definition) is 2. The number of carbonyl (C=O) groups excluding carboxylic acids is 2. The first-order valence-corrected chi connectivity index (χ1v) is 4.09. The van der Waals surface area contributed by atoms with Gasteiger partial charge in [0.15, 0.2) is 0 Å². The van der Waals surface area contributed by atoms with E-state index in [0.29, 0.717) is 19.4 Å². The van der Waals surface area contributed by atoms with E-state index in [2.05, 4.69) is 0 Å². The zero-order valence-electron chi connectivity index (χ0n) is 6.80. The summed E-state index contributed by atoms with van der Waals surface area (Å²) in [4.78, 5) is 23.7. The molecule has 1 saturated heterocycles. The number of likely N-dealkylation sites (tertiary alicyclic amines) is 1. The summed E-state index contributed by atoms with van der Waals surface area (Å²) >= 11 is 0. The zero-order chi connectivity index (χ0) is 8.27. The van der Waals surface area contributed by atoms with E-state index in [1.165, 1.54) is 4.90 Å². The van der Waals surface area contributed by atoms with Crippen LogP contribution in [0, 0.1) is 0 Å². The quantitative estimate of drug-likeness (QED) is 0.528. The fourth-order valence-electron chi connectivity index (χ4n) is 1.31. The molecule has 0 unspecified atom stereocenters. The number of rotatable bonds is 1. The van der Waals surface area contributed by atoms with E-state index < -0.39 is 0 Å². The molecule has 0 aromatic heterocycles. The number of carbonyl (C=O) groups is 2. The first-order chi connectivity index (χ1) is 5.25. The monoisotopic (exact) mass is 155 g/mol. The SMILES string of the molecule is CCN1C(=O)CCCCC1=O. The van der Waals surface area contributed by atoms with E-state index in [4.69, 9.17) is 0 Å². The summed E-state index contributed by atoms with van der Waals surface area (Å²) in [5.41, 5.74) is 0. The summed E-state index contributed by atoms with van der Waals surface area (Å²) < 4.78 is 0. The van der Waals surface area contributed by atoms with Gasteiger partial charge in [0, 0.05) is 19.4 Å². The molecule has 0 spiro atoms. The molecule has 0 atom stereocenters. The number of hydrogen-bond donors (Lipinski definition) is 0. The van der Waals surface area contributed by atoms with Gasteiger partial charge >= 0.3 is 0 Å². The van der Waals surface area contributed by atoms with Crippen LogP contribution in [-0.4, -0.2) is 23.3 Å². The van der Waals surface area contributed by atoms with E-state index in [-0.39, 0.29) is 11.8 Å². The highest BCUT2D eigenvalue weighted by atomic mass is 16.2. The standard InChI is InChI=1S/C8H13NO2/c1-2-9-7(10)5-3-4-6-8(9)11/h2-6H2,1H3. The minimum Gasteiger partial charge on any atom is -0.283 e. The van der Waals surface area contributed by atoms with Crippen LogP contribution in [-0.2, 0) is 9.59 Å². The van der Waals surface area contributed by atoms with Crippen LogP contribution < -0.4 is 0 Å². The molecule has 0 aromatic carbocycles. The van der Waals surface area contributed by atoms with Crippen LogP contribution in [0.3, 0.4) is 0 Å². The third-order valence-electron chi connectivity index (χ3n) is 1.95. The molecular weight excluding hydrogens is 142 g/mol. The van der Waals surface area contributed by atoms with Gasteiger partial charge in [0.2, 0.25) is 11.8 Å². The van der Waals surface area contributed by atoms with E-state index >= 15 is 0 Å². The zero-order valence-corrected chi connectivity index (χ0v) is 6.80. The predicted molar refractivity (Wildman–Crippen MR) is 40.9 cm³/mol. The summed E-state index contributed by atoms with van der Waals surface area (Å²) in [5.74, 6) is -0.00926. The molecular formula is C8H13NO2. The average Bonchev–Trinajstić information content (AvgIpc) is 2.12. The summed E-state index contributed by atoms with van der Waals surface area (Å²) in [6.07, 6.45) is 2.81. The van der Waals surface area contributed by atoms with Crippen molar-refractivity contribution >= 4 is 11.8 Å². The van der Waals surface area contributed by atoms with Crippen molar-refractivity contribution in [1.82, 2.24) is 4.90 Å². The Hall–Kier alpha value is -0.860. The van der Waals surface area contributed by atoms with Gasteiger partial charge in [-0.1, -0.05) is 0 Å². The third-order valence-corrected chi connectivity index (χ3v) is 1.95. The van der Waals surface area contributed by atoms with E-state index in [1.807, 2.05) is 6.92 Å². The average molecular weight is 155 g/mol. The van der Waals surface area contributed by atoms with Crippen LogP contribution in [0.25, 0.3) is 0 Å². The summed E-state index contributed by atoms with van der Waals surface area (Å²) in [5, 5.41) is 0. The van der Waals surface area contributed by atoms with Gasteiger partial charge in [-0.05, 0) is 19.8 Å². The highest BCUT2D eigenvalue weighted by Gasteiger charge is 2.21. The van der Waals surface area contributed by atoms with Crippen LogP contribution in [0.2, 0.25) is 0 Å². The van der Waals surface area contributed by atoms with Crippen molar-refractivity contribution in [2.75, 3.05) is 6.54 Å². The molecule has 0 bridgehead atoms. The largest absolute Gasteiger partial charge is 0.283 e. The number of amides is 2. The van der Waals surface area contributed by atoms with Gasteiger partial charge in [-0.15, -0.1) is 0 Å². The molecule has 0 aromatic rings. The molecule has 0 radical (unpaired) electrons. The molecule has 0 N–H and O–H groups in total. The second-order valence-electron chi connectivity index (χ2n) is 2.74. The summed E-state index contributed by atoms with van der Waals surface area (Å²) in [6.45, 7) is 2.36. The molecule has 1 heterocycles. The number of imide groups is 1. The van der Waals surface area contributed by atoms with Crippen molar-refractivity contribution in [2.45, 2.75) is 32.6 Å². The van der Waals surface area contributed by atoms with Gasteiger partial charge in [0.05, 0.1) is 0 Å². The Labute approximate surface area is 66.4 Å². The number of nitrogens with zero attached hydrogens (tertiary/aromatic N) is 1. The Balaban J connectivity index is 2.66. The lowest BCUT2D eigenvalue weighted by Crippen LogP contribution is -2.34. The second kappa shape index (κ2) is 3.51. The maximum Gasteiger partial charge on any atom is 0.229 e. The topological polar surface area (TPSA) is 37.4 Å². The first-order valence-electron chi connectivity index (χ1n) is 4.09. The lowest BCUT2D eigenvalue weighted by atomic mass is 10.2. The van der Waals surface area contributed by atoms with Crippen LogP contribution in [0.1, 0.15) is 32.6 Å². The Morgan fingerprint density at radius 2 is 1.64 bits per heavy atom. The highest BCUT2D eigenvalue weighted by molar-refractivity contribution is 5.95. The molecule has 3 heteroatoms. The Morgan fingerprint density at radius 3 is 2.00 bits per heavy atom. The van der Waals surface area contributed by atoms with Gasteiger partial charge in [-0.2, -0.15) is 0 Å². The fraction of sp³-hybridized carbons (Fsp3) is 0.750. The molecule has 3 nitrogen and oxygen atoms in total. The van der Waals surface area contributed by atoms with E-state index in [9.17, 15) is 9.59 Å². The molecule has 0 saturated carbocycles. The van der Waals surface area contributed by atoms with Crippen molar-refractivity contribution in [2.24, 2.45) is 0 Å². The Morgan fingerprint density at radius 1 is 1.18 bits per heavy atom. The predicted octanol–water partition coefficient (Wildman–Crippen LogP) is 0.935. The van der Waals surface area contributed by atoms with Crippen LogP contribution >= 0.6 is 0 Å². The molecule has 0 aliphatic carbocycles. The van der Waals surface area contributed by atoms with Gasteiger partial charge < -0.3 is 0 Å². The molecule has 11 heavy (non-hydrogen) atoms. The van der Waals surface area contributed by atoms with Gasteiger partial charge in [0.1, 0.15) is 0 Å². The van der Waals surface area contributed by atoms with E-state index in [0.717, 1.165) is 12.8 Å². The normalized spacial score (nSPS) is 20.3. The third kappa shape index (κ3) is 1.79. The molecule has 1 rings (SSSR count). The second-order valence-corrected chi connectivity index (χ2v) is 2.74. The van der Waals surface area contributed by atoms with Crippen LogP contribution in [0.5, 0.6) is 0 Å². The maximum absolute atomic E-state index is 11.2. The van der Waals surface area contributed by atoms with Crippen LogP contribution in [0.4, 0.5) is 0 Å². The molecule has 1 aliphatic rings. The Kier molecular flexibility index (Phi) is 2.63. The maximum atomic E-state index is 11.2. The first kappa shape index (κ1) is 8.24. The lowest BCUT2D eigenvalue weighted by Gasteiger charge is -2.15. The molecule has 2 amide bonds. The van der Waals surface area contributed by atoms with Gasteiger partial charge in [-0.3, -0.25) is 14.5 Å². The summed E-state index contributed by atoms with van der Waals surface area (Å²) in [6, 6.07) is 0. The van der Waals surface area contributed by atoms with Crippen molar-refractivity contribution in [1.29, 1.82) is 0 Å². The highest BCUT2D eigenvalue weighted by Crippen LogP contribution is 2.11. The van der Waals surface area contributed by atoms with Crippen LogP contribution in [0.15, 0.2) is 0 Å². The van der Waals surface area contributed by atoms with Gasteiger partial charge in [0.25, 0.3) is 0 Å². The fourth-order valence-corrected chi connectivity index (χ4v) is 1.31. The molecule has 1 fully saturated rings. The lowest BCUT2D eigenvalue weighted by molar-refractivity contribution is -0.143. The smallest absolute Gasteiger partial charge is 0.229 e. The van der Waals surface area contributed by atoms with Crippen molar-refractivity contribution in [3.8, 4) is 0 Å².